The Balaban J connectivity index is 1.66. The van der Waals surface area contributed by atoms with Gasteiger partial charge in [-0.05, 0) is 51.5 Å². The minimum absolute atomic E-state index is 0.0164. The molecule has 1 N–H and O–H groups in total. The maximum atomic E-state index is 12.2. The van der Waals surface area contributed by atoms with E-state index >= 15 is 0 Å². The van der Waals surface area contributed by atoms with Gasteiger partial charge >= 0.3 is 6.01 Å². The Morgan fingerprint density at radius 1 is 1.11 bits per heavy atom. The third-order valence-corrected chi connectivity index (χ3v) is 6.35. The van der Waals surface area contributed by atoms with Crippen molar-refractivity contribution in [3.63, 3.8) is 0 Å². The molecular weight excluding hydrogens is 382 g/mol. The van der Waals surface area contributed by atoms with Gasteiger partial charge in [0.2, 0.25) is 5.91 Å². The normalized spacial score (nSPS) is 11.8. The van der Waals surface area contributed by atoms with E-state index in [2.05, 4.69) is 15.5 Å². The minimum Gasteiger partial charge on any atom is -0.466 e. The first kappa shape index (κ1) is 19.8. The highest BCUT2D eigenvalue weighted by atomic mass is 32.2. The molecule has 0 unspecified atom stereocenters. The summed E-state index contributed by atoms with van der Waals surface area (Å²) in [5.41, 5.74) is 1.34. The van der Waals surface area contributed by atoms with Crippen LogP contribution in [0, 0.1) is 13.8 Å². The summed E-state index contributed by atoms with van der Waals surface area (Å²) in [6, 6.07) is 8.01. The number of sulfone groups is 1. The molecule has 1 aromatic carbocycles. The van der Waals surface area contributed by atoms with Crippen molar-refractivity contribution in [2.45, 2.75) is 44.3 Å². The van der Waals surface area contributed by atoms with E-state index in [1.165, 1.54) is 12.1 Å². The van der Waals surface area contributed by atoms with E-state index in [0.29, 0.717) is 16.9 Å². The zero-order chi connectivity index (χ0) is 20.5. The van der Waals surface area contributed by atoms with Gasteiger partial charge < -0.3 is 8.83 Å². The van der Waals surface area contributed by atoms with Gasteiger partial charge in [0.05, 0.1) is 22.1 Å². The number of furan rings is 1. The Morgan fingerprint density at radius 2 is 1.79 bits per heavy atom. The van der Waals surface area contributed by atoms with Crippen LogP contribution in [0.25, 0.3) is 11.5 Å². The van der Waals surface area contributed by atoms with Gasteiger partial charge in [-0.3, -0.25) is 10.1 Å². The second-order valence-corrected chi connectivity index (χ2v) is 9.21. The van der Waals surface area contributed by atoms with Crippen molar-refractivity contribution in [2.24, 2.45) is 0 Å². The number of aromatic nitrogens is 2. The number of hydrogen-bond acceptors (Lipinski definition) is 7. The summed E-state index contributed by atoms with van der Waals surface area (Å²) in [5.74, 6) is 1.28. The van der Waals surface area contributed by atoms with Gasteiger partial charge in [-0.15, -0.1) is 5.10 Å². The predicted molar refractivity (Wildman–Crippen MR) is 103 cm³/mol. The summed E-state index contributed by atoms with van der Waals surface area (Å²) in [5, 5.41) is 9.78. The van der Waals surface area contributed by atoms with Crippen molar-refractivity contribution in [1.29, 1.82) is 0 Å². The summed E-state index contributed by atoms with van der Waals surface area (Å²) < 4.78 is 35.2. The van der Waals surface area contributed by atoms with Crippen LogP contribution in [0.5, 0.6) is 0 Å². The van der Waals surface area contributed by atoms with Crippen LogP contribution in [0.1, 0.15) is 30.9 Å². The average molecular weight is 403 g/mol. The lowest BCUT2D eigenvalue weighted by atomic mass is 10.1. The van der Waals surface area contributed by atoms with Gasteiger partial charge in [0.15, 0.2) is 9.84 Å². The maximum Gasteiger partial charge on any atom is 0.322 e. The topological polar surface area (TPSA) is 115 Å². The molecular formula is C19H21N3O5S. The molecule has 0 aliphatic carbocycles. The van der Waals surface area contributed by atoms with E-state index < -0.39 is 15.1 Å². The van der Waals surface area contributed by atoms with Gasteiger partial charge in [0.25, 0.3) is 5.89 Å². The largest absolute Gasteiger partial charge is 0.466 e. The van der Waals surface area contributed by atoms with Gasteiger partial charge in [0.1, 0.15) is 11.5 Å². The van der Waals surface area contributed by atoms with Gasteiger partial charge in [-0.2, -0.15) is 0 Å². The van der Waals surface area contributed by atoms with Crippen LogP contribution >= 0.6 is 0 Å². The van der Waals surface area contributed by atoms with Crippen molar-refractivity contribution < 1.29 is 22.0 Å². The first-order valence-electron chi connectivity index (χ1n) is 8.70. The molecule has 0 radical (unpaired) electrons. The first-order valence-corrected chi connectivity index (χ1v) is 10.2. The third-order valence-electron chi connectivity index (χ3n) is 4.18. The molecule has 0 saturated heterocycles. The smallest absolute Gasteiger partial charge is 0.322 e. The van der Waals surface area contributed by atoms with Crippen LogP contribution < -0.4 is 5.32 Å². The fraction of sp³-hybridized carbons (Fsp3) is 0.316. The summed E-state index contributed by atoms with van der Waals surface area (Å²) in [6.07, 6.45) is 0.0452. The molecule has 3 rings (SSSR count). The second-order valence-electron chi connectivity index (χ2n) is 6.70. The van der Waals surface area contributed by atoms with E-state index in [-0.39, 0.29) is 29.1 Å². The molecule has 2 heterocycles. The van der Waals surface area contributed by atoms with E-state index in [9.17, 15) is 13.2 Å². The van der Waals surface area contributed by atoms with Crippen LogP contribution in [-0.4, -0.2) is 29.8 Å². The number of anilines is 1. The molecule has 0 aliphatic rings. The fourth-order valence-corrected chi connectivity index (χ4v) is 3.70. The Bertz CT molecular complexity index is 1100. The highest BCUT2D eigenvalue weighted by Gasteiger charge is 2.19. The predicted octanol–water partition coefficient (Wildman–Crippen LogP) is 3.31. The lowest BCUT2D eigenvalue weighted by molar-refractivity contribution is -0.115. The van der Waals surface area contributed by atoms with Gasteiger partial charge in [-0.25, -0.2) is 8.42 Å². The zero-order valence-corrected chi connectivity index (χ0v) is 16.8. The number of nitrogens with one attached hydrogen (secondary N) is 1. The summed E-state index contributed by atoms with van der Waals surface area (Å²) >= 11 is 0. The van der Waals surface area contributed by atoms with Crippen LogP contribution in [0.4, 0.5) is 6.01 Å². The highest BCUT2D eigenvalue weighted by molar-refractivity contribution is 7.92. The van der Waals surface area contributed by atoms with Gasteiger partial charge in [-0.1, -0.05) is 17.2 Å². The SMILES string of the molecule is Cc1cc(-c2nnc(NC(=O)Cc3ccc(S(=O)(=O)C(C)C)cc3)o2)c(C)o1. The molecule has 148 valence electrons. The van der Waals surface area contributed by atoms with Crippen LogP contribution in [0.2, 0.25) is 0 Å². The molecule has 0 bridgehead atoms. The average Bonchev–Trinajstić information content (AvgIpc) is 3.20. The van der Waals surface area contributed by atoms with Crippen LogP contribution in [0.3, 0.4) is 0 Å². The van der Waals surface area contributed by atoms with Crippen molar-refractivity contribution in [3.8, 4) is 11.5 Å². The molecule has 1 amide bonds. The van der Waals surface area contributed by atoms with Crippen LogP contribution in [0.15, 0.2) is 44.1 Å². The number of nitrogens with zero attached hydrogens (tertiary/aromatic N) is 2. The van der Waals surface area contributed by atoms with Gasteiger partial charge in [0, 0.05) is 0 Å². The molecule has 9 heteroatoms. The molecule has 0 saturated carbocycles. The number of benzene rings is 1. The molecule has 0 aliphatic heterocycles. The van der Waals surface area contributed by atoms with Crippen molar-refractivity contribution >= 4 is 21.8 Å². The maximum absolute atomic E-state index is 12.2. The monoisotopic (exact) mass is 403 g/mol. The molecule has 2 aromatic heterocycles. The lowest BCUT2D eigenvalue weighted by Crippen LogP contribution is -2.16. The molecule has 0 spiro atoms. The van der Waals surface area contributed by atoms with E-state index in [1.807, 2.05) is 6.92 Å². The molecule has 3 aromatic rings. The number of carbonyl (C=O) groups excluding carboxylic acids is 1. The van der Waals surface area contributed by atoms with E-state index in [4.69, 9.17) is 8.83 Å². The number of aryl methyl sites for hydroxylation is 2. The summed E-state index contributed by atoms with van der Waals surface area (Å²) in [7, 11) is -3.34. The Labute approximate surface area is 162 Å². The third kappa shape index (κ3) is 4.14. The minimum atomic E-state index is -3.34. The fourth-order valence-electron chi connectivity index (χ4n) is 2.64. The Morgan fingerprint density at radius 3 is 2.36 bits per heavy atom. The van der Waals surface area contributed by atoms with Crippen molar-refractivity contribution in [3.05, 3.63) is 47.4 Å². The van der Waals surface area contributed by atoms with Crippen molar-refractivity contribution in [1.82, 2.24) is 10.2 Å². The molecule has 0 fully saturated rings. The lowest BCUT2D eigenvalue weighted by Gasteiger charge is -2.08. The molecule has 0 atom stereocenters. The quantitative estimate of drug-likeness (QED) is 0.671. The van der Waals surface area contributed by atoms with Crippen LogP contribution in [-0.2, 0) is 21.1 Å². The Hall–Kier alpha value is -2.94. The molecule has 28 heavy (non-hydrogen) atoms. The summed E-state index contributed by atoms with van der Waals surface area (Å²) in [4.78, 5) is 12.4. The number of hydrogen-bond donors (Lipinski definition) is 1. The zero-order valence-electron chi connectivity index (χ0n) is 16.0. The second kappa shape index (κ2) is 7.59. The Kier molecular flexibility index (Phi) is 5.37. The van der Waals surface area contributed by atoms with E-state index in [1.54, 1.807) is 39.0 Å². The summed E-state index contributed by atoms with van der Waals surface area (Å²) in [6.45, 7) is 6.85. The highest BCUT2D eigenvalue weighted by Crippen LogP contribution is 2.26. The standard InChI is InChI=1S/C19H21N3O5S/c1-11(2)28(24,25)15-7-5-14(6-8-15)10-17(23)20-19-22-21-18(27-19)16-9-12(3)26-13(16)4/h5-9,11H,10H2,1-4H3,(H,20,22,23). The first-order chi connectivity index (χ1) is 13.2. The number of carbonyl (C=O) groups is 1. The van der Waals surface area contributed by atoms with Crippen molar-refractivity contribution in [2.75, 3.05) is 5.32 Å². The van der Waals surface area contributed by atoms with E-state index in [0.717, 1.165) is 5.76 Å². The number of amides is 1. The number of rotatable bonds is 6. The molecule has 8 nitrogen and oxygen atoms in total.